The molecule has 1 aliphatic rings. The van der Waals surface area contributed by atoms with Gasteiger partial charge in [-0.3, -0.25) is 0 Å². The summed E-state index contributed by atoms with van der Waals surface area (Å²) in [6.45, 7) is 2.12. The second kappa shape index (κ2) is 3.13. The summed E-state index contributed by atoms with van der Waals surface area (Å²) in [5.41, 5.74) is 4.42. The molecule has 0 N–H and O–H groups in total. The molecule has 3 nitrogen and oxygen atoms in total. The van der Waals surface area contributed by atoms with Crippen LogP contribution in [-0.2, 0) is 7.05 Å². The molecule has 1 aromatic carbocycles. The Labute approximate surface area is 104 Å². The van der Waals surface area contributed by atoms with E-state index in [0.717, 1.165) is 28.2 Å². The van der Waals surface area contributed by atoms with Gasteiger partial charge in [-0.15, -0.1) is 0 Å². The molecule has 0 amide bonds. The minimum absolute atomic E-state index is 0.808. The molecule has 1 aliphatic heterocycles. The van der Waals surface area contributed by atoms with Crippen molar-refractivity contribution in [3.63, 3.8) is 0 Å². The van der Waals surface area contributed by atoms with Gasteiger partial charge < -0.3 is 9.15 Å². The number of rotatable bonds is 0. The number of furan rings is 1. The molecule has 3 heterocycles. The standard InChI is InChI=1S/C15H12NO2/c1-9-5-6-10-14-12(8-17-10)18-11-4-3-7-16(2)15(11)13(9)14/h3-8H,1-2H3/q+1. The Kier molecular flexibility index (Phi) is 1.69. The summed E-state index contributed by atoms with van der Waals surface area (Å²) in [5, 5.41) is 1.07. The highest BCUT2D eigenvalue weighted by Gasteiger charge is 2.30. The molecule has 0 saturated heterocycles. The normalized spacial score (nSPS) is 12.3. The molecule has 0 fully saturated rings. The third-order valence-corrected chi connectivity index (χ3v) is 3.51. The third-order valence-electron chi connectivity index (χ3n) is 3.51. The zero-order valence-corrected chi connectivity index (χ0v) is 10.2. The summed E-state index contributed by atoms with van der Waals surface area (Å²) < 4.78 is 13.6. The number of hydrogen-bond donors (Lipinski definition) is 0. The Morgan fingerprint density at radius 2 is 2.00 bits per heavy atom. The van der Waals surface area contributed by atoms with Crippen LogP contribution < -0.4 is 9.30 Å². The number of fused-ring (bicyclic) bond motifs is 2. The van der Waals surface area contributed by atoms with Crippen molar-refractivity contribution in [1.29, 1.82) is 0 Å². The van der Waals surface area contributed by atoms with E-state index in [2.05, 4.69) is 17.6 Å². The zero-order chi connectivity index (χ0) is 12.3. The van der Waals surface area contributed by atoms with Crippen molar-refractivity contribution in [3.8, 4) is 22.8 Å². The smallest absolute Gasteiger partial charge is 0.256 e. The maximum Gasteiger partial charge on any atom is 0.256 e. The lowest BCUT2D eigenvalue weighted by molar-refractivity contribution is -0.660. The van der Waals surface area contributed by atoms with Gasteiger partial charge in [-0.2, -0.15) is 4.57 Å². The number of aromatic nitrogens is 1. The highest BCUT2D eigenvalue weighted by Crippen LogP contribution is 2.46. The number of aryl methyl sites for hydroxylation is 2. The van der Waals surface area contributed by atoms with Gasteiger partial charge in [-0.25, -0.2) is 0 Å². The number of nitrogens with zero attached hydrogens (tertiary/aromatic N) is 1. The predicted octanol–water partition coefficient (Wildman–Crippen LogP) is 3.34. The average molecular weight is 238 g/mol. The Hall–Kier alpha value is -2.29. The van der Waals surface area contributed by atoms with Crippen LogP contribution in [0.1, 0.15) is 5.56 Å². The van der Waals surface area contributed by atoms with Crippen LogP contribution in [0.3, 0.4) is 0 Å². The van der Waals surface area contributed by atoms with Crippen LogP contribution >= 0.6 is 0 Å². The fourth-order valence-electron chi connectivity index (χ4n) is 2.67. The number of ether oxygens (including phenoxy) is 1. The molecule has 3 aromatic rings. The molecule has 0 aliphatic carbocycles. The van der Waals surface area contributed by atoms with E-state index in [-0.39, 0.29) is 0 Å². The minimum Gasteiger partial charge on any atom is -0.460 e. The second-order valence-electron chi connectivity index (χ2n) is 4.66. The van der Waals surface area contributed by atoms with E-state index >= 15 is 0 Å². The van der Waals surface area contributed by atoms with Gasteiger partial charge in [0.25, 0.3) is 5.69 Å². The molecule has 88 valence electrons. The molecule has 2 aromatic heterocycles. The molecular formula is C15H12NO2+. The van der Waals surface area contributed by atoms with Crippen molar-refractivity contribution in [3.05, 3.63) is 42.3 Å². The molecule has 0 spiro atoms. The Bertz CT molecular complexity index is 787. The van der Waals surface area contributed by atoms with E-state index in [0.29, 0.717) is 0 Å². The molecule has 0 atom stereocenters. The summed E-state index contributed by atoms with van der Waals surface area (Å²) in [4.78, 5) is 0. The van der Waals surface area contributed by atoms with Crippen molar-refractivity contribution < 1.29 is 13.7 Å². The largest absolute Gasteiger partial charge is 0.460 e. The van der Waals surface area contributed by atoms with Crippen LogP contribution in [0.4, 0.5) is 0 Å². The second-order valence-corrected chi connectivity index (χ2v) is 4.66. The van der Waals surface area contributed by atoms with Gasteiger partial charge in [0.2, 0.25) is 0 Å². The van der Waals surface area contributed by atoms with Gasteiger partial charge in [-0.1, -0.05) is 6.07 Å². The first-order valence-corrected chi connectivity index (χ1v) is 5.93. The lowest BCUT2D eigenvalue weighted by Crippen LogP contribution is -2.31. The SMILES string of the molecule is Cc1ccc2occ3c2c1-c1c(ccc[n+]1C)O3. The van der Waals surface area contributed by atoms with Gasteiger partial charge in [0.1, 0.15) is 18.9 Å². The summed E-state index contributed by atoms with van der Waals surface area (Å²) in [6.07, 6.45) is 3.72. The van der Waals surface area contributed by atoms with E-state index in [1.807, 2.05) is 31.4 Å². The van der Waals surface area contributed by atoms with Crippen LogP contribution in [0.2, 0.25) is 0 Å². The van der Waals surface area contributed by atoms with Gasteiger partial charge >= 0.3 is 0 Å². The highest BCUT2D eigenvalue weighted by atomic mass is 16.5. The van der Waals surface area contributed by atoms with Crippen LogP contribution in [0.5, 0.6) is 11.5 Å². The topological polar surface area (TPSA) is 26.2 Å². The average Bonchev–Trinajstić information content (AvgIpc) is 2.77. The molecule has 4 rings (SSSR count). The van der Waals surface area contributed by atoms with E-state index in [9.17, 15) is 0 Å². The number of pyridine rings is 1. The molecule has 0 unspecified atom stereocenters. The first-order chi connectivity index (χ1) is 8.75. The fourth-order valence-corrected chi connectivity index (χ4v) is 2.67. The van der Waals surface area contributed by atoms with Gasteiger partial charge in [-0.05, 0) is 24.6 Å². The third kappa shape index (κ3) is 1.06. The summed E-state index contributed by atoms with van der Waals surface area (Å²) in [6, 6.07) is 8.06. The van der Waals surface area contributed by atoms with Gasteiger partial charge in [0.15, 0.2) is 17.7 Å². The highest BCUT2D eigenvalue weighted by molar-refractivity contribution is 6.01. The van der Waals surface area contributed by atoms with E-state index < -0.39 is 0 Å². The predicted molar refractivity (Wildman–Crippen MR) is 67.6 cm³/mol. The molecule has 0 saturated carbocycles. The van der Waals surface area contributed by atoms with E-state index in [1.54, 1.807) is 6.26 Å². The summed E-state index contributed by atoms with van der Waals surface area (Å²) in [7, 11) is 2.03. The Morgan fingerprint density at radius 1 is 1.11 bits per heavy atom. The molecular weight excluding hydrogens is 226 g/mol. The van der Waals surface area contributed by atoms with Crippen LogP contribution in [-0.4, -0.2) is 0 Å². The fraction of sp³-hybridized carbons (Fsp3) is 0.133. The molecule has 0 radical (unpaired) electrons. The van der Waals surface area contributed by atoms with E-state index in [1.165, 1.54) is 11.1 Å². The van der Waals surface area contributed by atoms with Crippen LogP contribution in [0, 0.1) is 6.92 Å². The van der Waals surface area contributed by atoms with Gasteiger partial charge in [0.05, 0.1) is 10.9 Å². The summed E-state index contributed by atoms with van der Waals surface area (Å²) in [5.74, 6) is 1.69. The first kappa shape index (κ1) is 9.71. The van der Waals surface area contributed by atoms with Crippen molar-refractivity contribution >= 4 is 11.0 Å². The van der Waals surface area contributed by atoms with Crippen LogP contribution in [0.25, 0.3) is 22.2 Å². The van der Waals surface area contributed by atoms with E-state index in [4.69, 9.17) is 9.15 Å². The summed E-state index contributed by atoms with van der Waals surface area (Å²) >= 11 is 0. The molecule has 0 bridgehead atoms. The maximum absolute atomic E-state index is 5.91. The lowest BCUT2D eigenvalue weighted by Gasteiger charge is -2.15. The van der Waals surface area contributed by atoms with Crippen molar-refractivity contribution in [2.45, 2.75) is 6.92 Å². The zero-order valence-electron chi connectivity index (χ0n) is 10.2. The first-order valence-electron chi connectivity index (χ1n) is 5.93. The van der Waals surface area contributed by atoms with Crippen molar-refractivity contribution in [1.82, 2.24) is 0 Å². The minimum atomic E-state index is 0.808. The monoisotopic (exact) mass is 238 g/mol. The van der Waals surface area contributed by atoms with Crippen LogP contribution in [0.15, 0.2) is 41.1 Å². The number of benzene rings is 1. The van der Waals surface area contributed by atoms with Gasteiger partial charge in [0, 0.05) is 6.07 Å². The molecule has 18 heavy (non-hydrogen) atoms. The maximum atomic E-state index is 5.91. The molecule has 3 heteroatoms. The number of hydrogen-bond acceptors (Lipinski definition) is 2. The Morgan fingerprint density at radius 3 is 2.89 bits per heavy atom. The van der Waals surface area contributed by atoms with Crippen molar-refractivity contribution in [2.75, 3.05) is 0 Å². The quantitative estimate of drug-likeness (QED) is 0.439. The van der Waals surface area contributed by atoms with Crippen molar-refractivity contribution in [2.24, 2.45) is 7.05 Å². The Balaban J connectivity index is 2.25. The lowest BCUT2D eigenvalue weighted by atomic mass is 9.98.